The molecule has 0 N–H and O–H groups in total. The molecular weight excluding hydrogens is 749 g/mol. The first-order chi connectivity index (χ1) is 30.5. The number of anilines is 2. The fraction of sp³-hybridized carbons (Fsp3) is 0.167. The van der Waals surface area contributed by atoms with Crippen LogP contribution in [0.25, 0.3) is 44.4 Å². The zero-order valence-electron chi connectivity index (χ0n) is 36.8. The molecular formula is C60H56N2. The summed E-state index contributed by atoms with van der Waals surface area (Å²) in [6, 6.07) is 52.2. The molecule has 2 heteroatoms. The fourth-order valence-electron chi connectivity index (χ4n) is 10.2. The van der Waals surface area contributed by atoms with Crippen LogP contribution in [0.15, 0.2) is 195 Å². The first kappa shape index (κ1) is 40.5. The molecule has 2 heterocycles. The lowest BCUT2D eigenvalue weighted by Gasteiger charge is -2.42. The molecule has 1 spiro atoms. The minimum Gasteiger partial charge on any atom is -0.345 e. The predicted octanol–water partition coefficient (Wildman–Crippen LogP) is 16.0. The zero-order chi connectivity index (χ0) is 42.8. The standard InChI is InChI=1S/C52H42N2.C6H8.C2H6/c1-5-15-35(16-6-2)36-25-27-38(28-26-36)53(4)39-29-30-42-41-19-9-11-21-45(41)52(47(42)33-39)46-22-12-14-24-50(46)54-49-23-13-10-20-43(49)44-32-37-17-7-8-18-40(37)34(3)31-48(52)51(44)54;1-2-4-6-5-3-1;1-2/h5,7-31,33H,3,6,32H2,1-2,4H3;1-4H,5-6H2;1-2H3/b15-5-,35-16+,48-31+;;. The van der Waals surface area contributed by atoms with Gasteiger partial charge in [0, 0.05) is 30.2 Å². The van der Waals surface area contributed by atoms with Crippen molar-refractivity contribution in [2.75, 3.05) is 11.9 Å². The quantitative estimate of drug-likeness (QED) is 0.157. The van der Waals surface area contributed by atoms with Crippen molar-refractivity contribution in [1.29, 1.82) is 0 Å². The Morgan fingerprint density at radius 3 is 2.08 bits per heavy atom. The van der Waals surface area contributed by atoms with Crippen LogP contribution in [0.1, 0.15) is 91.6 Å². The van der Waals surface area contributed by atoms with Crippen LogP contribution in [0.4, 0.5) is 11.4 Å². The molecule has 0 bridgehead atoms. The van der Waals surface area contributed by atoms with E-state index >= 15 is 0 Å². The molecule has 4 aliphatic rings. The van der Waals surface area contributed by atoms with Gasteiger partial charge in [-0.25, -0.2) is 0 Å². The summed E-state index contributed by atoms with van der Waals surface area (Å²) in [6.07, 6.45) is 21.9. The van der Waals surface area contributed by atoms with Crippen molar-refractivity contribution in [3.63, 3.8) is 0 Å². The molecule has 0 radical (unpaired) electrons. The van der Waals surface area contributed by atoms with Crippen LogP contribution < -0.4 is 4.90 Å². The molecule has 0 amide bonds. The smallest absolute Gasteiger partial charge is 0.0755 e. The SMILES string of the molecule is C1=CCCC=C1.C=C1/C=C2\c3c(c4ccccc4n3-c3ccccc3C23c2ccccc2-c2ccc(N(C)c4ccc(C(/C=C\C)=C/CC)cc4)cc23)Cc2ccccc21.CC. The highest BCUT2D eigenvalue weighted by atomic mass is 15.1. The molecule has 1 aromatic heterocycles. The Balaban J connectivity index is 0.000000560. The Morgan fingerprint density at radius 1 is 0.710 bits per heavy atom. The third-order valence-electron chi connectivity index (χ3n) is 12.9. The van der Waals surface area contributed by atoms with Crippen LogP contribution in [0.2, 0.25) is 0 Å². The second-order valence-electron chi connectivity index (χ2n) is 16.2. The van der Waals surface area contributed by atoms with E-state index in [0.717, 1.165) is 29.8 Å². The summed E-state index contributed by atoms with van der Waals surface area (Å²) in [6.45, 7) is 13.1. The number of hydrogen-bond donors (Lipinski definition) is 0. The molecule has 2 nitrogen and oxygen atoms in total. The molecule has 0 saturated heterocycles. The maximum absolute atomic E-state index is 4.78. The van der Waals surface area contributed by atoms with Gasteiger partial charge >= 0.3 is 0 Å². The maximum Gasteiger partial charge on any atom is 0.0755 e. The molecule has 11 rings (SSSR count). The van der Waals surface area contributed by atoms with Gasteiger partial charge in [0.2, 0.25) is 0 Å². The molecule has 1 aliphatic heterocycles. The van der Waals surface area contributed by atoms with Crippen molar-refractivity contribution in [3.8, 4) is 16.8 Å². The van der Waals surface area contributed by atoms with Crippen LogP contribution in [0, 0.1) is 0 Å². The Bertz CT molecular complexity index is 2960. The van der Waals surface area contributed by atoms with Gasteiger partial charge in [0.1, 0.15) is 0 Å². The number of benzene rings is 6. The molecule has 1 atom stereocenters. The lowest BCUT2D eigenvalue weighted by atomic mass is 9.63. The summed E-state index contributed by atoms with van der Waals surface area (Å²) in [7, 11) is 2.19. The third kappa shape index (κ3) is 6.57. The lowest BCUT2D eigenvalue weighted by molar-refractivity contribution is 0.774. The van der Waals surface area contributed by atoms with Gasteiger partial charge in [-0.1, -0.05) is 173 Å². The summed E-state index contributed by atoms with van der Waals surface area (Å²) in [4.78, 5) is 2.33. The van der Waals surface area contributed by atoms with E-state index in [4.69, 9.17) is 6.58 Å². The largest absolute Gasteiger partial charge is 0.345 e. The minimum atomic E-state index is -0.566. The number of aromatic nitrogens is 1. The second kappa shape index (κ2) is 17.2. The van der Waals surface area contributed by atoms with E-state index in [-0.39, 0.29) is 0 Å². The minimum absolute atomic E-state index is 0.566. The van der Waals surface area contributed by atoms with E-state index in [1.165, 1.54) is 96.3 Å². The Morgan fingerprint density at radius 2 is 1.35 bits per heavy atom. The highest BCUT2D eigenvalue weighted by Gasteiger charge is 2.53. The maximum atomic E-state index is 4.78. The molecule has 306 valence electrons. The van der Waals surface area contributed by atoms with Gasteiger partial charge in [0.25, 0.3) is 0 Å². The van der Waals surface area contributed by atoms with Gasteiger partial charge in [-0.15, -0.1) is 0 Å². The van der Waals surface area contributed by atoms with Crippen LogP contribution in [0.3, 0.4) is 0 Å². The highest BCUT2D eigenvalue weighted by Crippen LogP contribution is 2.64. The van der Waals surface area contributed by atoms with Crippen LogP contribution in [-0.2, 0) is 11.8 Å². The second-order valence-corrected chi connectivity index (χ2v) is 16.2. The number of nitrogens with zero attached hydrogens (tertiary/aromatic N) is 2. The number of para-hydroxylation sites is 2. The van der Waals surface area contributed by atoms with Crippen LogP contribution in [0.5, 0.6) is 0 Å². The van der Waals surface area contributed by atoms with E-state index in [2.05, 4.69) is 218 Å². The summed E-state index contributed by atoms with van der Waals surface area (Å²) < 4.78 is 2.55. The number of rotatable bonds is 5. The average Bonchev–Trinajstić information content (AvgIpc) is 3.81. The first-order valence-electron chi connectivity index (χ1n) is 22.5. The molecule has 0 fully saturated rings. The molecule has 3 aliphatic carbocycles. The molecule has 62 heavy (non-hydrogen) atoms. The van der Waals surface area contributed by atoms with Crippen molar-refractivity contribution in [2.24, 2.45) is 0 Å². The topological polar surface area (TPSA) is 8.17 Å². The van der Waals surface area contributed by atoms with E-state index in [0.29, 0.717) is 0 Å². The van der Waals surface area contributed by atoms with E-state index in [9.17, 15) is 0 Å². The van der Waals surface area contributed by atoms with Crippen molar-refractivity contribution in [3.05, 3.63) is 239 Å². The predicted molar refractivity (Wildman–Crippen MR) is 268 cm³/mol. The average molecular weight is 805 g/mol. The monoisotopic (exact) mass is 804 g/mol. The van der Waals surface area contributed by atoms with Crippen LogP contribution >= 0.6 is 0 Å². The first-order valence-corrected chi connectivity index (χ1v) is 22.5. The molecule has 1 unspecified atom stereocenters. The summed E-state index contributed by atoms with van der Waals surface area (Å²) >= 11 is 0. The van der Waals surface area contributed by atoms with Gasteiger partial charge in [0.05, 0.1) is 22.3 Å². The van der Waals surface area contributed by atoms with Gasteiger partial charge in [-0.3, -0.25) is 0 Å². The van der Waals surface area contributed by atoms with Crippen molar-refractivity contribution in [1.82, 2.24) is 4.57 Å². The Hall–Kier alpha value is -6.90. The number of allylic oxidation sites excluding steroid dienone is 11. The molecule has 7 aromatic rings. The summed E-state index contributed by atoms with van der Waals surface area (Å²) in [5.74, 6) is 0. The lowest BCUT2D eigenvalue weighted by Crippen LogP contribution is -2.35. The third-order valence-corrected chi connectivity index (χ3v) is 12.9. The van der Waals surface area contributed by atoms with Gasteiger partial charge in [-0.2, -0.15) is 0 Å². The number of hydrogen-bond acceptors (Lipinski definition) is 1. The van der Waals surface area contributed by atoms with Crippen molar-refractivity contribution >= 4 is 39.0 Å². The van der Waals surface area contributed by atoms with E-state index < -0.39 is 5.41 Å². The van der Waals surface area contributed by atoms with Crippen LogP contribution in [-0.4, -0.2) is 11.6 Å². The fourth-order valence-corrected chi connectivity index (χ4v) is 10.2. The van der Waals surface area contributed by atoms with E-state index in [1.54, 1.807) is 0 Å². The van der Waals surface area contributed by atoms with Crippen molar-refractivity contribution < 1.29 is 0 Å². The summed E-state index contributed by atoms with van der Waals surface area (Å²) in [5, 5.41) is 1.31. The highest BCUT2D eigenvalue weighted by molar-refractivity contribution is 6.06. The summed E-state index contributed by atoms with van der Waals surface area (Å²) in [5.41, 5.74) is 20.8. The molecule has 0 saturated carbocycles. The van der Waals surface area contributed by atoms with Gasteiger partial charge in [0.15, 0.2) is 0 Å². The van der Waals surface area contributed by atoms with E-state index in [1.807, 2.05) is 13.8 Å². The normalized spacial score (nSPS) is 17.3. The zero-order valence-corrected chi connectivity index (χ0v) is 36.8. The number of fused-ring (bicyclic) bond motifs is 13. The van der Waals surface area contributed by atoms with Crippen molar-refractivity contribution in [2.45, 2.75) is 58.8 Å². The Kier molecular flexibility index (Phi) is 11.3. The van der Waals surface area contributed by atoms with Gasteiger partial charge < -0.3 is 9.47 Å². The molecule has 6 aromatic carbocycles. The Labute approximate surface area is 368 Å². The van der Waals surface area contributed by atoms with Gasteiger partial charge in [-0.05, 0) is 135 Å².